The number of anilines is 1. The monoisotopic (exact) mass is 299 g/mol. The van der Waals surface area contributed by atoms with Gasteiger partial charge in [-0.15, -0.1) is 0 Å². The maximum absolute atomic E-state index is 5.78. The molecule has 0 bridgehead atoms. The molecule has 0 aliphatic rings. The standard InChI is InChI=1S/C15H17N5S/c16-14-13-15(18-10-17-14)20(11-19-13)7-4-8-21-9-12-5-2-1-3-6-12/h1-3,5-6,10-11H,4,7-9H2,(H2,16,17,18). The van der Waals surface area contributed by atoms with Crippen molar-refractivity contribution in [2.45, 2.75) is 18.7 Å². The lowest BCUT2D eigenvalue weighted by molar-refractivity contribution is 0.696. The van der Waals surface area contributed by atoms with Crippen LogP contribution >= 0.6 is 11.8 Å². The Labute approximate surface area is 127 Å². The molecule has 2 N–H and O–H groups in total. The highest BCUT2D eigenvalue weighted by Crippen LogP contribution is 2.16. The fraction of sp³-hybridized carbons (Fsp3) is 0.267. The Kier molecular flexibility index (Phi) is 4.35. The third-order valence-corrected chi connectivity index (χ3v) is 4.34. The van der Waals surface area contributed by atoms with Crippen LogP contribution in [0.3, 0.4) is 0 Å². The summed E-state index contributed by atoms with van der Waals surface area (Å²) < 4.78 is 2.04. The predicted octanol–water partition coefficient (Wildman–Crippen LogP) is 2.73. The molecule has 0 fully saturated rings. The van der Waals surface area contributed by atoms with Gasteiger partial charge in [-0.2, -0.15) is 11.8 Å². The van der Waals surface area contributed by atoms with Crippen LogP contribution in [0.25, 0.3) is 11.2 Å². The molecule has 0 saturated carbocycles. The van der Waals surface area contributed by atoms with Gasteiger partial charge in [-0.3, -0.25) is 0 Å². The molecule has 6 heteroatoms. The molecule has 2 aromatic heterocycles. The Balaban J connectivity index is 1.50. The van der Waals surface area contributed by atoms with E-state index in [2.05, 4.69) is 39.2 Å². The molecule has 0 saturated heterocycles. The highest BCUT2D eigenvalue weighted by atomic mass is 32.2. The number of benzene rings is 1. The molecular weight excluding hydrogens is 282 g/mol. The summed E-state index contributed by atoms with van der Waals surface area (Å²) in [5.41, 5.74) is 8.66. The molecule has 2 heterocycles. The topological polar surface area (TPSA) is 69.6 Å². The molecule has 0 radical (unpaired) electrons. The lowest BCUT2D eigenvalue weighted by Gasteiger charge is -2.04. The molecular formula is C15H17N5S. The molecule has 108 valence electrons. The van der Waals surface area contributed by atoms with Gasteiger partial charge in [0.15, 0.2) is 11.5 Å². The Morgan fingerprint density at radius 2 is 1.95 bits per heavy atom. The summed E-state index contributed by atoms with van der Waals surface area (Å²) in [6, 6.07) is 10.5. The van der Waals surface area contributed by atoms with Crippen molar-refractivity contribution >= 4 is 28.7 Å². The van der Waals surface area contributed by atoms with Crippen LogP contribution in [0.4, 0.5) is 5.82 Å². The van der Waals surface area contributed by atoms with Crippen molar-refractivity contribution < 1.29 is 0 Å². The highest BCUT2D eigenvalue weighted by molar-refractivity contribution is 7.98. The van der Waals surface area contributed by atoms with Crippen molar-refractivity contribution in [2.24, 2.45) is 0 Å². The Morgan fingerprint density at radius 1 is 1.10 bits per heavy atom. The van der Waals surface area contributed by atoms with Crippen molar-refractivity contribution in [1.82, 2.24) is 19.5 Å². The molecule has 0 unspecified atom stereocenters. The third kappa shape index (κ3) is 3.33. The van der Waals surface area contributed by atoms with E-state index in [0.717, 1.165) is 30.1 Å². The number of aryl methyl sites for hydroxylation is 1. The van der Waals surface area contributed by atoms with Gasteiger partial charge in [0.1, 0.15) is 11.8 Å². The van der Waals surface area contributed by atoms with E-state index in [0.29, 0.717) is 11.3 Å². The minimum atomic E-state index is 0.442. The fourth-order valence-electron chi connectivity index (χ4n) is 2.16. The minimum Gasteiger partial charge on any atom is -0.382 e. The summed E-state index contributed by atoms with van der Waals surface area (Å²) in [4.78, 5) is 12.5. The van der Waals surface area contributed by atoms with E-state index >= 15 is 0 Å². The lowest BCUT2D eigenvalue weighted by atomic mass is 10.2. The summed E-state index contributed by atoms with van der Waals surface area (Å²) in [5.74, 6) is 2.60. The van der Waals surface area contributed by atoms with E-state index in [1.54, 1.807) is 6.33 Å². The zero-order chi connectivity index (χ0) is 14.5. The molecule has 3 aromatic rings. The summed E-state index contributed by atoms with van der Waals surface area (Å²) >= 11 is 1.95. The largest absolute Gasteiger partial charge is 0.382 e. The van der Waals surface area contributed by atoms with Crippen LogP contribution in [0.2, 0.25) is 0 Å². The van der Waals surface area contributed by atoms with E-state index in [4.69, 9.17) is 5.73 Å². The predicted molar refractivity (Wildman–Crippen MR) is 87.0 cm³/mol. The van der Waals surface area contributed by atoms with Crippen molar-refractivity contribution in [3.05, 3.63) is 48.5 Å². The lowest BCUT2D eigenvalue weighted by Crippen LogP contribution is -2.00. The van der Waals surface area contributed by atoms with Crippen LogP contribution in [0.5, 0.6) is 0 Å². The van der Waals surface area contributed by atoms with E-state index in [1.165, 1.54) is 11.9 Å². The highest BCUT2D eigenvalue weighted by Gasteiger charge is 2.06. The quantitative estimate of drug-likeness (QED) is 0.709. The second-order valence-electron chi connectivity index (χ2n) is 4.76. The first-order valence-electron chi connectivity index (χ1n) is 6.87. The fourth-order valence-corrected chi connectivity index (χ4v) is 3.07. The van der Waals surface area contributed by atoms with Crippen molar-refractivity contribution in [3.63, 3.8) is 0 Å². The summed E-state index contributed by atoms with van der Waals surface area (Å²) in [7, 11) is 0. The van der Waals surface area contributed by atoms with E-state index in [1.807, 2.05) is 22.4 Å². The number of rotatable bonds is 6. The molecule has 0 amide bonds. The maximum atomic E-state index is 5.78. The second kappa shape index (κ2) is 6.58. The smallest absolute Gasteiger partial charge is 0.165 e. The van der Waals surface area contributed by atoms with Gasteiger partial charge in [0.2, 0.25) is 0 Å². The molecule has 0 aliphatic carbocycles. The van der Waals surface area contributed by atoms with Crippen LogP contribution in [0, 0.1) is 0 Å². The average Bonchev–Trinajstić information content (AvgIpc) is 2.93. The van der Waals surface area contributed by atoms with Crippen LogP contribution in [0.1, 0.15) is 12.0 Å². The first-order valence-corrected chi connectivity index (χ1v) is 8.03. The second-order valence-corrected chi connectivity index (χ2v) is 5.87. The zero-order valence-corrected chi connectivity index (χ0v) is 12.5. The van der Waals surface area contributed by atoms with Crippen LogP contribution in [0.15, 0.2) is 43.0 Å². The van der Waals surface area contributed by atoms with Gasteiger partial charge in [0.05, 0.1) is 6.33 Å². The van der Waals surface area contributed by atoms with Gasteiger partial charge in [-0.25, -0.2) is 15.0 Å². The first-order chi connectivity index (χ1) is 10.3. The molecule has 21 heavy (non-hydrogen) atoms. The Hall–Kier alpha value is -2.08. The van der Waals surface area contributed by atoms with E-state index < -0.39 is 0 Å². The molecule has 0 atom stereocenters. The van der Waals surface area contributed by atoms with Gasteiger partial charge in [-0.05, 0) is 17.7 Å². The van der Waals surface area contributed by atoms with E-state index in [-0.39, 0.29) is 0 Å². The minimum absolute atomic E-state index is 0.442. The van der Waals surface area contributed by atoms with Gasteiger partial charge < -0.3 is 10.3 Å². The van der Waals surface area contributed by atoms with Gasteiger partial charge in [0.25, 0.3) is 0 Å². The number of nitrogens with two attached hydrogens (primary N) is 1. The zero-order valence-electron chi connectivity index (χ0n) is 11.6. The molecule has 5 nitrogen and oxygen atoms in total. The summed E-state index contributed by atoms with van der Waals surface area (Å²) in [6.07, 6.45) is 4.35. The molecule has 0 aliphatic heterocycles. The number of hydrogen-bond donors (Lipinski definition) is 1. The van der Waals surface area contributed by atoms with Crippen LogP contribution in [-0.4, -0.2) is 25.3 Å². The average molecular weight is 299 g/mol. The third-order valence-electron chi connectivity index (χ3n) is 3.23. The van der Waals surface area contributed by atoms with Gasteiger partial charge in [0, 0.05) is 12.3 Å². The number of nitrogen functional groups attached to an aromatic ring is 1. The number of hydrogen-bond acceptors (Lipinski definition) is 5. The Morgan fingerprint density at radius 3 is 2.81 bits per heavy atom. The SMILES string of the molecule is Nc1ncnc2c1ncn2CCCSCc1ccccc1. The first kappa shape index (κ1) is 13.9. The van der Waals surface area contributed by atoms with Crippen molar-refractivity contribution in [1.29, 1.82) is 0 Å². The molecule has 3 rings (SSSR count). The molecule has 0 spiro atoms. The van der Waals surface area contributed by atoms with Crippen LogP contribution < -0.4 is 5.73 Å². The van der Waals surface area contributed by atoms with Gasteiger partial charge >= 0.3 is 0 Å². The number of aromatic nitrogens is 4. The number of fused-ring (bicyclic) bond motifs is 1. The Bertz CT molecular complexity index is 710. The van der Waals surface area contributed by atoms with E-state index in [9.17, 15) is 0 Å². The van der Waals surface area contributed by atoms with Crippen molar-refractivity contribution in [2.75, 3.05) is 11.5 Å². The summed E-state index contributed by atoms with van der Waals surface area (Å²) in [5, 5.41) is 0. The number of thioether (sulfide) groups is 1. The normalized spacial score (nSPS) is 11.0. The van der Waals surface area contributed by atoms with Crippen molar-refractivity contribution in [3.8, 4) is 0 Å². The molecule has 1 aromatic carbocycles. The number of nitrogens with zero attached hydrogens (tertiary/aromatic N) is 4. The number of imidazole rings is 1. The summed E-state index contributed by atoms with van der Waals surface area (Å²) in [6.45, 7) is 0.898. The van der Waals surface area contributed by atoms with Crippen LogP contribution in [-0.2, 0) is 12.3 Å². The van der Waals surface area contributed by atoms with Gasteiger partial charge in [-0.1, -0.05) is 30.3 Å². The maximum Gasteiger partial charge on any atom is 0.165 e.